The van der Waals surface area contributed by atoms with Crippen LogP contribution in [0, 0.1) is 6.92 Å². The molecule has 3 aromatic rings. The van der Waals surface area contributed by atoms with Crippen molar-refractivity contribution in [2.45, 2.75) is 6.92 Å². The first-order valence-electron chi connectivity index (χ1n) is 7.52. The predicted molar refractivity (Wildman–Crippen MR) is 93.1 cm³/mol. The van der Waals surface area contributed by atoms with Gasteiger partial charge in [-0.1, -0.05) is 12.1 Å². The van der Waals surface area contributed by atoms with E-state index in [2.05, 4.69) is 26.3 Å². The van der Waals surface area contributed by atoms with E-state index < -0.39 is 0 Å². The molecule has 0 saturated carbocycles. The highest BCUT2D eigenvalue weighted by molar-refractivity contribution is 6.08. The minimum atomic E-state index is 0.733. The Morgan fingerprint density at radius 3 is 2.79 bits per heavy atom. The second-order valence-corrected chi connectivity index (χ2v) is 5.51. The van der Waals surface area contributed by atoms with E-state index in [-0.39, 0.29) is 0 Å². The van der Waals surface area contributed by atoms with Gasteiger partial charge in [0, 0.05) is 43.9 Å². The molecule has 0 bridgehead atoms. The van der Waals surface area contributed by atoms with Crippen LogP contribution >= 0.6 is 0 Å². The molecule has 7 nitrogen and oxygen atoms in total. The number of imidazole rings is 1. The van der Waals surface area contributed by atoms with E-state index in [0.29, 0.717) is 0 Å². The largest absolute Gasteiger partial charge is 0.383 e. The molecule has 0 aliphatic carbocycles. The van der Waals surface area contributed by atoms with E-state index in [4.69, 9.17) is 0 Å². The summed E-state index contributed by atoms with van der Waals surface area (Å²) in [6.07, 6.45) is 11.0. The summed E-state index contributed by atoms with van der Waals surface area (Å²) >= 11 is 0. The third kappa shape index (κ3) is 3.57. The third-order valence-electron chi connectivity index (χ3n) is 3.39. The quantitative estimate of drug-likeness (QED) is 0.675. The van der Waals surface area contributed by atoms with Crippen LogP contribution in [0.5, 0.6) is 0 Å². The average molecular weight is 321 g/mol. The van der Waals surface area contributed by atoms with Crippen LogP contribution < -0.4 is 0 Å². The van der Waals surface area contributed by atoms with Crippen molar-refractivity contribution in [3.8, 4) is 5.69 Å². The zero-order valence-electron chi connectivity index (χ0n) is 13.9. The molecule has 0 N–H and O–H groups in total. The van der Waals surface area contributed by atoms with Crippen molar-refractivity contribution in [3.05, 3.63) is 73.0 Å². The molecular formula is C17H19N7. The fourth-order valence-electron chi connectivity index (χ4n) is 2.15. The lowest BCUT2D eigenvalue weighted by Crippen LogP contribution is -2.07. The van der Waals surface area contributed by atoms with Crippen LogP contribution in [0.25, 0.3) is 5.69 Å². The number of aromatic nitrogens is 5. The molecule has 2 aromatic heterocycles. The molecule has 122 valence electrons. The summed E-state index contributed by atoms with van der Waals surface area (Å²) in [5, 5.41) is 12.5. The van der Waals surface area contributed by atoms with Gasteiger partial charge in [-0.15, -0.1) is 10.2 Å². The maximum Gasteiger partial charge on any atom is 0.151 e. The normalized spacial score (nSPS) is 12.0. The van der Waals surface area contributed by atoms with E-state index >= 15 is 0 Å². The molecule has 7 heteroatoms. The van der Waals surface area contributed by atoms with Gasteiger partial charge in [-0.3, -0.25) is 0 Å². The van der Waals surface area contributed by atoms with Gasteiger partial charge in [0.15, 0.2) is 5.82 Å². The Kier molecular flexibility index (Phi) is 4.51. The topological polar surface area (TPSA) is 64.1 Å². The lowest BCUT2D eigenvalue weighted by atomic mass is 10.1. The van der Waals surface area contributed by atoms with Crippen molar-refractivity contribution in [2.24, 2.45) is 5.10 Å². The molecule has 0 spiro atoms. The van der Waals surface area contributed by atoms with Crippen molar-refractivity contribution in [1.29, 1.82) is 0 Å². The third-order valence-corrected chi connectivity index (χ3v) is 3.39. The van der Waals surface area contributed by atoms with E-state index in [1.165, 1.54) is 0 Å². The number of aryl methyl sites for hydroxylation is 1. The highest BCUT2D eigenvalue weighted by atomic mass is 15.4. The van der Waals surface area contributed by atoms with E-state index in [1.54, 1.807) is 23.5 Å². The molecule has 0 saturated heterocycles. The second-order valence-electron chi connectivity index (χ2n) is 5.51. The summed E-state index contributed by atoms with van der Waals surface area (Å²) in [5.74, 6) is 0.733. The maximum absolute atomic E-state index is 4.65. The number of benzene rings is 1. The number of allylic oxidation sites excluding steroid dienone is 1. The van der Waals surface area contributed by atoms with Crippen LogP contribution in [0.1, 0.15) is 11.4 Å². The molecule has 3 rings (SSSR count). The van der Waals surface area contributed by atoms with E-state index in [0.717, 1.165) is 22.8 Å². The van der Waals surface area contributed by atoms with Gasteiger partial charge < -0.3 is 9.47 Å². The van der Waals surface area contributed by atoms with Gasteiger partial charge in [0.2, 0.25) is 0 Å². The summed E-state index contributed by atoms with van der Waals surface area (Å²) in [4.78, 5) is 6.06. The molecule has 0 radical (unpaired) electrons. The molecule has 0 fully saturated rings. The SMILES string of the molecule is Cc1nncn1/N=C(\C=C\N(C)C)c1cccc(-n2ccnc2)c1. The summed E-state index contributed by atoms with van der Waals surface area (Å²) in [6, 6.07) is 8.13. The zero-order chi connectivity index (χ0) is 16.9. The number of hydrogen-bond acceptors (Lipinski definition) is 5. The number of rotatable bonds is 5. The molecule has 0 aliphatic heterocycles. The first-order valence-corrected chi connectivity index (χ1v) is 7.52. The average Bonchev–Trinajstić information content (AvgIpc) is 3.23. The van der Waals surface area contributed by atoms with Crippen molar-refractivity contribution in [2.75, 3.05) is 14.1 Å². The van der Waals surface area contributed by atoms with Gasteiger partial charge in [-0.05, 0) is 25.1 Å². The molecule has 1 aromatic carbocycles. The minimum absolute atomic E-state index is 0.733. The Morgan fingerprint density at radius 1 is 1.25 bits per heavy atom. The van der Waals surface area contributed by atoms with Crippen LogP contribution in [0.3, 0.4) is 0 Å². The van der Waals surface area contributed by atoms with Gasteiger partial charge in [0.1, 0.15) is 6.33 Å². The van der Waals surface area contributed by atoms with E-state index in [1.807, 2.05) is 67.2 Å². The van der Waals surface area contributed by atoms with Gasteiger partial charge >= 0.3 is 0 Å². The summed E-state index contributed by atoms with van der Waals surface area (Å²) in [6.45, 7) is 1.87. The fraction of sp³-hybridized carbons (Fsp3) is 0.176. The van der Waals surface area contributed by atoms with Gasteiger partial charge in [-0.25, -0.2) is 9.66 Å². The molecule has 2 heterocycles. The van der Waals surface area contributed by atoms with Crippen molar-refractivity contribution >= 4 is 5.71 Å². The predicted octanol–water partition coefficient (Wildman–Crippen LogP) is 2.10. The minimum Gasteiger partial charge on any atom is -0.383 e. The molecular weight excluding hydrogens is 302 g/mol. The van der Waals surface area contributed by atoms with Crippen LogP contribution in [0.2, 0.25) is 0 Å². The second kappa shape index (κ2) is 6.91. The Morgan fingerprint density at radius 2 is 2.12 bits per heavy atom. The Bertz CT molecular complexity index is 857. The fourth-order valence-corrected chi connectivity index (χ4v) is 2.15. The number of nitrogens with zero attached hydrogens (tertiary/aromatic N) is 7. The summed E-state index contributed by atoms with van der Waals surface area (Å²) < 4.78 is 3.63. The smallest absolute Gasteiger partial charge is 0.151 e. The standard InChI is InChI=1S/C17H19N7/c1-14-20-19-13-24(14)21-17(7-9-22(2)3)15-5-4-6-16(11-15)23-10-8-18-12-23/h4-13H,1-3H3/b9-7+,21-17+. The van der Waals surface area contributed by atoms with Crippen LogP contribution in [-0.2, 0) is 0 Å². The molecule has 0 atom stereocenters. The number of hydrogen-bond donors (Lipinski definition) is 0. The van der Waals surface area contributed by atoms with Gasteiger partial charge in [0.05, 0.1) is 12.0 Å². The van der Waals surface area contributed by atoms with Gasteiger partial charge in [0.25, 0.3) is 0 Å². The lowest BCUT2D eigenvalue weighted by Gasteiger charge is -2.09. The van der Waals surface area contributed by atoms with Crippen molar-refractivity contribution < 1.29 is 0 Å². The molecule has 0 amide bonds. The zero-order valence-corrected chi connectivity index (χ0v) is 13.9. The Hall–Kier alpha value is -3.22. The van der Waals surface area contributed by atoms with Crippen molar-refractivity contribution in [1.82, 2.24) is 29.3 Å². The van der Waals surface area contributed by atoms with E-state index in [9.17, 15) is 0 Å². The first-order chi connectivity index (χ1) is 11.6. The molecule has 0 unspecified atom stereocenters. The molecule has 0 aliphatic rings. The Balaban J connectivity index is 2.04. The highest BCUT2D eigenvalue weighted by Crippen LogP contribution is 2.12. The highest BCUT2D eigenvalue weighted by Gasteiger charge is 2.05. The summed E-state index contributed by atoms with van der Waals surface area (Å²) in [7, 11) is 3.94. The lowest BCUT2D eigenvalue weighted by molar-refractivity contribution is 0.564. The van der Waals surface area contributed by atoms with Gasteiger partial charge in [-0.2, -0.15) is 5.10 Å². The Labute approximate surface area is 140 Å². The summed E-state index contributed by atoms with van der Waals surface area (Å²) in [5.41, 5.74) is 2.83. The van der Waals surface area contributed by atoms with Crippen LogP contribution in [-0.4, -0.2) is 49.1 Å². The van der Waals surface area contributed by atoms with Crippen LogP contribution in [0.15, 0.2) is 66.7 Å². The molecule has 24 heavy (non-hydrogen) atoms. The van der Waals surface area contributed by atoms with Crippen LogP contribution in [0.4, 0.5) is 0 Å². The maximum atomic E-state index is 4.65. The monoisotopic (exact) mass is 321 g/mol. The van der Waals surface area contributed by atoms with Crippen molar-refractivity contribution in [3.63, 3.8) is 0 Å². The first kappa shape index (κ1) is 15.7.